The van der Waals surface area contributed by atoms with Crippen LogP contribution < -0.4 is 27.1 Å². The third kappa shape index (κ3) is 3.83. The van der Waals surface area contributed by atoms with Crippen LogP contribution in [0, 0.1) is 23.2 Å². The van der Waals surface area contributed by atoms with E-state index in [0.29, 0.717) is 30.6 Å². The Morgan fingerprint density at radius 3 is 3.00 bits per heavy atom. The smallest absolute Gasteiger partial charge is 0.253 e. The molecule has 150 valence electrons. The molecule has 4 aliphatic heterocycles. The van der Waals surface area contributed by atoms with Gasteiger partial charge in [-0.25, -0.2) is 15.9 Å². The fourth-order valence-electron chi connectivity index (χ4n) is 5.28. The van der Waals surface area contributed by atoms with Crippen LogP contribution in [-0.4, -0.2) is 72.7 Å². The van der Waals surface area contributed by atoms with Gasteiger partial charge in [0, 0.05) is 44.3 Å². The summed E-state index contributed by atoms with van der Waals surface area (Å²) in [7, 11) is 0. The lowest BCUT2D eigenvalue weighted by molar-refractivity contribution is -0.129. The molecule has 0 aliphatic carbocycles. The van der Waals surface area contributed by atoms with Crippen LogP contribution in [0.25, 0.3) is 0 Å². The van der Waals surface area contributed by atoms with Gasteiger partial charge in [0.05, 0.1) is 12.1 Å². The average molecular weight is 377 g/mol. The minimum absolute atomic E-state index is 0.0624. The topological polar surface area (TPSA) is 107 Å². The van der Waals surface area contributed by atoms with Crippen molar-refractivity contribution >= 4 is 5.91 Å². The summed E-state index contributed by atoms with van der Waals surface area (Å²) < 4.78 is 0. The number of hydrogen-bond donors (Lipinski definition) is 5. The molecule has 0 bridgehead atoms. The molecule has 0 saturated carbocycles. The molecule has 4 fully saturated rings. The number of hydrogen-bond acceptors (Lipinski definition) is 8. The van der Waals surface area contributed by atoms with E-state index in [0.717, 1.165) is 32.6 Å². The molecule has 6 unspecified atom stereocenters. The molecule has 0 aromatic rings. The highest BCUT2D eigenvalue weighted by Crippen LogP contribution is 2.27. The highest BCUT2D eigenvalue weighted by atomic mass is 16.2. The Morgan fingerprint density at radius 2 is 2.19 bits per heavy atom. The maximum absolute atomic E-state index is 12.0. The van der Waals surface area contributed by atoms with Crippen molar-refractivity contribution in [2.75, 3.05) is 32.7 Å². The first-order valence-corrected chi connectivity index (χ1v) is 10.4. The summed E-state index contributed by atoms with van der Waals surface area (Å²) in [5, 5.41) is 15.5. The van der Waals surface area contributed by atoms with E-state index >= 15 is 0 Å². The zero-order valence-electron chi connectivity index (χ0n) is 16.1. The number of piperidine rings is 2. The SMILES string of the molecule is CCC1NCCCC1CN1NNC2CN(C3CNNC(=O)C3C#N)CCC21. The number of nitrogens with zero attached hydrogens (tertiary/aromatic N) is 3. The summed E-state index contributed by atoms with van der Waals surface area (Å²) >= 11 is 0. The summed E-state index contributed by atoms with van der Waals surface area (Å²) in [4.78, 5) is 14.3. The van der Waals surface area contributed by atoms with Gasteiger partial charge < -0.3 is 5.32 Å². The number of carbonyl (C=O) groups excluding carboxylic acids is 1. The first-order chi connectivity index (χ1) is 13.2. The molecule has 9 nitrogen and oxygen atoms in total. The number of hydrazine groups is 3. The summed E-state index contributed by atoms with van der Waals surface area (Å²) in [6, 6.07) is 3.52. The molecule has 0 radical (unpaired) electrons. The van der Waals surface area contributed by atoms with Gasteiger partial charge in [0.2, 0.25) is 0 Å². The van der Waals surface area contributed by atoms with Crippen LogP contribution in [0.15, 0.2) is 0 Å². The minimum Gasteiger partial charge on any atom is -0.314 e. The quantitative estimate of drug-likeness (QED) is 0.411. The Labute approximate surface area is 161 Å². The van der Waals surface area contributed by atoms with Crippen molar-refractivity contribution in [2.45, 2.75) is 56.8 Å². The number of fused-ring (bicyclic) bond motifs is 1. The normalized spacial score (nSPS) is 41.0. The van der Waals surface area contributed by atoms with Gasteiger partial charge in [-0.3, -0.25) is 15.1 Å². The summed E-state index contributed by atoms with van der Waals surface area (Å²) in [5.74, 6) is -0.138. The summed E-state index contributed by atoms with van der Waals surface area (Å²) in [6.07, 6.45) is 4.77. The maximum atomic E-state index is 12.0. The van der Waals surface area contributed by atoms with E-state index < -0.39 is 5.92 Å². The van der Waals surface area contributed by atoms with E-state index in [4.69, 9.17) is 0 Å². The number of nitrogens with one attached hydrogen (secondary N) is 5. The van der Waals surface area contributed by atoms with Crippen LogP contribution in [0.1, 0.15) is 32.6 Å². The van der Waals surface area contributed by atoms with Crippen molar-refractivity contribution in [2.24, 2.45) is 11.8 Å². The molecule has 27 heavy (non-hydrogen) atoms. The molecule has 4 heterocycles. The molecule has 0 spiro atoms. The Kier molecular flexibility index (Phi) is 5.92. The highest BCUT2D eigenvalue weighted by molar-refractivity contribution is 5.82. The molecule has 4 aliphatic rings. The minimum atomic E-state index is -0.605. The molecule has 4 rings (SSSR count). The Morgan fingerprint density at radius 1 is 1.30 bits per heavy atom. The van der Waals surface area contributed by atoms with E-state index in [9.17, 15) is 10.1 Å². The molecule has 5 N–H and O–H groups in total. The molecule has 4 saturated heterocycles. The molecule has 9 heteroatoms. The Bertz CT molecular complexity index is 580. The standard InChI is InChI=1S/C18H32N8O/c1-2-14-12(4-3-6-20-14)10-26-16-5-7-25(11-15(16)22-24-26)17-9-21-23-18(27)13(17)8-19/h12-17,20-22,24H,2-7,9-11H2,1H3,(H,23,27). The summed E-state index contributed by atoms with van der Waals surface area (Å²) in [6.45, 7) is 6.86. The van der Waals surface area contributed by atoms with Gasteiger partial charge in [-0.05, 0) is 38.1 Å². The molecule has 1 amide bonds. The second kappa shape index (κ2) is 8.39. The number of rotatable bonds is 4. The van der Waals surface area contributed by atoms with E-state index in [1.807, 2.05) is 0 Å². The van der Waals surface area contributed by atoms with Crippen molar-refractivity contribution in [3.63, 3.8) is 0 Å². The van der Waals surface area contributed by atoms with Crippen molar-refractivity contribution in [1.82, 2.24) is 37.0 Å². The van der Waals surface area contributed by atoms with E-state index in [2.05, 4.69) is 50.0 Å². The number of likely N-dealkylation sites (tertiary alicyclic amines) is 1. The first kappa shape index (κ1) is 19.1. The van der Waals surface area contributed by atoms with Gasteiger partial charge in [-0.2, -0.15) is 10.8 Å². The van der Waals surface area contributed by atoms with Crippen LogP contribution in [0.3, 0.4) is 0 Å². The lowest BCUT2D eigenvalue weighted by Gasteiger charge is -2.43. The van der Waals surface area contributed by atoms with Crippen LogP contribution in [0.2, 0.25) is 0 Å². The third-order valence-corrected chi connectivity index (χ3v) is 6.80. The van der Waals surface area contributed by atoms with Gasteiger partial charge in [0.1, 0.15) is 5.92 Å². The molecule has 0 aromatic heterocycles. The monoisotopic (exact) mass is 376 g/mol. The fourth-order valence-corrected chi connectivity index (χ4v) is 5.28. The van der Waals surface area contributed by atoms with Crippen LogP contribution >= 0.6 is 0 Å². The largest absolute Gasteiger partial charge is 0.314 e. The maximum Gasteiger partial charge on any atom is 0.253 e. The molecule has 6 atom stereocenters. The highest BCUT2D eigenvalue weighted by Gasteiger charge is 2.44. The Hall–Kier alpha value is -1.28. The van der Waals surface area contributed by atoms with Crippen molar-refractivity contribution in [3.05, 3.63) is 0 Å². The van der Waals surface area contributed by atoms with Crippen LogP contribution in [-0.2, 0) is 4.79 Å². The molecular formula is C18H32N8O. The fraction of sp³-hybridized carbons (Fsp3) is 0.889. The van der Waals surface area contributed by atoms with Crippen molar-refractivity contribution < 1.29 is 4.79 Å². The van der Waals surface area contributed by atoms with Gasteiger partial charge in [0.15, 0.2) is 0 Å². The first-order valence-electron chi connectivity index (χ1n) is 10.4. The second-order valence-corrected chi connectivity index (χ2v) is 8.28. The zero-order valence-corrected chi connectivity index (χ0v) is 16.1. The van der Waals surface area contributed by atoms with Crippen molar-refractivity contribution in [3.8, 4) is 6.07 Å². The van der Waals surface area contributed by atoms with Crippen molar-refractivity contribution in [1.29, 1.82) is 5.26 Å². The Balaban J connectivity index is 1.36. The van der Waals surface area contributed by atoms with E-state index in [1.165, 1.54) is 19.3 Å². The van der Waals surface area contributed by atoms with Gasteiger partial charge in [-0.15, -0.1) is 0 Å². The zero-order chi connectivity index (χ0) is 18.8. The van der Waals surface area contributed by atoms with Crippen LogP contribution in [0.4, 0.5) is 0 Å². The second-order valence-electron chi connectivity index (χ2n) is 8.28. The predicted molar refractivity (Wildman–Crippen MR) is 101 cm³/mol. The van der Waals surface area contributed by atoms with E-state index in [1.54, 1.807) is 0 Å². The molecular weight excluding hydrogens is 344 g/mol. The number of nitriles is 1. The average Bonchev–Trinajstić information content (AvgIpc) is 3.10. The third-order valence-electron chi connectivity index (χ3n) is 6.80. The summed E-state index contributed by atoms with van der Waals surface area (Å²) in [5.41, 5.74) is 12.4. The predicted octanol–water partition coefficient (Wildman–Crippen LogP) is -1.32. The van der Waals surface area contributed by atoms with Gasteiger partial charge in [0.25, 0.3) is 5.91 Å². The molecule has 0 aromatic carbocycles. The lowest BCUT2D eigenvalue weighted by Crippen LogP contribution is -2.64. The number of carbonyl (C=O) groups is 1. The number of amides is 1. The lowest BCUT2D eigenvalue weighted by atomic mass is 9.88. The van der Waals surface area contributed by atoms with Gasteiger partial charge >= 0.3 is 0 Å². The van der Waals surface area contributed by atoms with Crippen LogP contribution in [0.5, 0.6) is 0 Å². The van der Waals surface area contributed by atoms with E-state index in [-0.39, 0.29) is 11.9 Å². The van der Waals surface area contributed by atoms with Gasteiger partial charge in [-0.1, -0.05) is 6.92 Å².